The molecule has 1 aliphatic heterocycles. The van der Waals surface area contributed by atoms with E-state index in [2.05, 4.69) is 32.3 Å². The van der Waals surface area contributed by atoms with Crippen LogP contribution in [0.1, 0.15) is 10.5 Å². The van der Waals surface area contributed by atoms with Crippen molar-refractivity contribution in [3.05, 3.63) is 78.3 Å². The zero-order valence-corrected chi connectivity index (χ0v) is 15.6. The second-order valence-electron chi connectivity index (χ2n) is 6.66. The summed E-state index contributed by atoms with van der Waals surface area (Å²) in [5.41, 5.74) is 1.72. The average Bonchev–Trinajstić information content (AvgIpc) is 2.77. The van der Waals surface area contributed by atoms with Gasteiger partial charge in [-0.1, -0.05) is 18.2 Å². The second-order valence-corrected chi connectivity index (χ2v) is 6.66. The predicted molar refractivity (Wildman–Crippen MR) is 106 cm³/mol. The van der Waals surface area contributed by atoms with Crippen LogP contribution in [0, 0.1) is 11.6 Å². The summed E-state index contributed by atoms with van der Waals surface area (Å²) in [6, 6.07) is 15.0. The highest BCUT2D eigenvalue weighted by Gasteiger charge is 2.23. The first-order valence-electron chi connectivity index (χ1n) is 9.23. The fourth-order valence-corrected chi connectivity index (χ4v) is 3.23. The van der Waals surface area contributed by atoms with Crippen LogP contribution in [-0.2, 0) is 0 Å². The lowest BCUT2D eigenvalue weighted by Crippen LogP contribution is -2.49. The number of carbonyl (C=O) groups excluding carboxylic acids is 1. The van der Waals surface area contributed by atoms with Crippen LogP contribution in [0.15, 0.2) is 60.9 Å². The minimum Gasteiger partial charge on any atom is -0.368 e. The van der Waals surface area contributed by atoms with Crippen molar-refractivity contribution in [2.24, 2.45) is 0 Å². The van der Waals surface area contributed by atoms with E-state index in [4.69, 9.17) is 0 Å². The normalized spacial score (nSPS) is 14.0. The molecule has 1 fully saturated rings. The van der Waals surface area contributed by atoms with Crippen molar-refractivity contribution in [1.82, 2.24) is 14.9 Å². The first-order chi connectivity index (χ1) is 14.1. The van der Waals surface area contributed by atoms with E-state index in [1.54, 1.807) is 4.90 Å². The molecule has 0 aliphatic carbocycles. The quantitative estimate of drug-likeness (QED) is 0.733. The van der Waals surface area contributed by atoms with E-state index in [1.165, 1.54) is 18.5 Å². The monoisotopic (exact) mass is 395 g/mol. The first-order valence-corrected chi connectivity index (χ1v) is 9.23. The van der Waals surface area contributed by atoms with Gasteiger partial charge in [0.1, 0.15) is 17.8 Å². The summed E-state index contributed by atoms with van der Waals surface area (Å²) >= 11 is 0. The van der Waals surface area contributed by atoms with Crippen LogP contribution in [0.3, 0.4) is 0 Å². The predicted octanol–water partition coefficient (Wildman–Crippen LogP) is 3.46. The number of piperazine rings is 1. The Labute approximate surface area is 166 Å². The maximum absolute atomic E-state index is 13.4. The molecule has 0 spiro atoms. The van der Waals surface area contributed by atoms with Crippen LogP contribution in [0.2, 0.25) is 0 Å². The molecule has 0 saturated carbocycles. The van der Waals surface area contributed by atoms with Gasteiger partial charge in [-0.05, 0) is 24.3 Å². The lowest BCUT2D eigenvalue weighted by molar-refractivity contribution is 0.0740. The van der Waals surface area contributed by atoms with Gasteiger partial charge in [-0.25, -0.2) is 18.7 Å². The summed E-state index contributed by atoms with van der Waals surface area (Å²) in [6.07, 6.45) is 1.27. The van der Waals surface area contributed by atoms with Gasteiger partial charge in [0, 0.05) is 49.7 Å². The van der Waals surface area contributed by atoms with Crippen LogP contribution < -0.4 is 10.2 Å². The molecule has 29 heavy (non-hydrogen) atoms. The number of benzene rings is 2. The van der Waals surface area contributed by atoms with E-state index in [1.807, 2.05) is 18.2 Å². The second kappa shape index (κ2) is 8.22. The van der Waals surface area contributed by atoms with E-state index in [9.17, 15) is 13.6 Å². The molecule has 0 atom stereocenters. The number of hydrogen-bond donors (Lipinski definition) is 1. The van der Waals surface area contributed by atoms with Crippen LogP contribution >= 0.6 is 0 Å². The van der Waals surface area contributed by atoms with Gasteiger partial charge in [0.05, 0.1) is 0 Å². The molecule has 0 bridgehead atoms. The van der Waals surface area contributed by atoms with Crippen LogP contribution in [0.5, 0.6) is 0 Å². The van der Waals surface area contributed by atoms with Gasteiger partial charge in [0.2, 0.25) is 0 Å². The number of nitrogens with zero attached hydrogens (tertiary/aromatic N) is 4. The van der Waals surface area contributed by atoms with Crippen molar-refractivity contribution in [2.75, 3.05) is 36.4 Å². The van der Waals surface area contributed by atoms with Crippen molar-refractivity contribution in [1.29, 1.82) is 0 Å². The fourth-order valence-electron chi connectivity index (χ4n) is 3.23. The van der Waals surface area contributed by atoms with Crippen LogP contribution in [-0.4, -0.2) is 47.0 Å². The summed E-state index contributed by atoms with van der Waals surface area (Å²) in [7, 11) is 0. The molecule has 1 aliphatic rings. The smallest absolute Gasteiger partial charge is 0.272 e. The summed E-state index contributed by atoms with van der Waals surface area (Å²) < 4.78 is 26.4. The molecule has 2 heterocycles. The van der Waals surface area contributed by atoms with Crippen molar-refractivity contribution in [3.8, 4) is 0 Å². The highest BCUT2D eigenvalue weighted by molar-refractivity contribution is 5.93. The molecule has 0 radical (unpaired) electrons. The molecular weight excluding hydrogens is 376 g/mol. The minimum absolute atomic E-state index is 0.187. The summed E-state index contributed by atoms with van der Waals surface area (Å²) in [5.74, 6) is -1.74. The lowest BCUT2D eigenvalue weighted by atomic mass is 10.2. The topological polar surface area (TPSA) is 61.4 Å². The molecule has 1 saturated heterocycles. The molecule has 1 N–H and O–H groups in total. The number of para-hydroxylation sites is 1. The Bertz CT molecular complexity index is 1010. The Morgan fingerprint density at radius 3 is 2.38 bits per heavy atom. The van der Waals surface area contributed by atoms with Crippen molar-refractivity contribution >= 4 is 23.1 Å². The van der Waals surface area contributed by atoms with E-state index in [0.29, 0.717) is 24.6 Å². The van der Waals surface area contributed by atoms with Gasteiger partial charge in [-0.3, -0.25) is 4.79 Å². The number of nitrogens with one attached hydrogen (secondary N) is 1. The summed E-state index contributed by atoms with van der Waals surface area (Å²) in [4.78, 5) is 24.9. The number of halogens is 2. The van der Waals surface area contributed by atoms with E-state index in [0.717, 1.165) is 30.9 Å². The third-order valence-electron chi connectivity index (χ3n) is 4.77. The number of amides is 1. The van der Waals surface area contributed by atoms with Crippen molar-refractivity contribution < 1.29 is 13.6 Å². The number of rotatable bonds is 4. The van der Waals surface area contributed by atoms with Crippen molar-refractivity contribution in [3.63, 3.8) is 0 Å². The number of anilines is 3. The molecule has 2 aromatic carbocycles. The third-order valence-corrected chi connectivity index (χ3v) is 4.77. The van der Waals surface area contributed by atoms with Gasteiger partial charge >= 0.3 is 0 Å². The maximum Gasteiger partial charge on any atom is 0.272 e. The van der Waals surface area contributed by atoms with Gasteiger partial charge < -0.3 is 15.1 Å². The zero-order valence-electron chi connectivity index (χ0n) is 15.6. The Morgan fingerprint density at radius 2 is 1.66 bits per heavy atom. The zero-order chi connectivity index (χ0) is 20.2. The average molecular weight is 395 g/mol. The van der Waals surface area contributed by atoms with Gasteiger partial charge in [0.25, 0.3) is 5.91 Å². The number of carbonyl (C=O) groups is 1. The van der Waals surface area contributed by atoms with E-state index >= 15 is 0 Å². The Morgan fingerprint density at radius 1 is 0.897 bits per heavy atom. The molecule has 1 amide bonds. The molecule has 1 aromatic heterocycles. The van der Waals surface area contributed by atoms with Gasteiger partial charge in [-0.2, -0.15) is 0 Å². The summed E-state index contributed by atoms with van der Waals surface area (Å²) in [5, 5.41) is 2.86. The molecule has 6 nitrogen and oxygen atoms in total. The molecule has 0 unspecified atom stereocenters. The SMILES string of the molecule is O=C(c1cc(Nc2ccc(F)c(F)c2)ncn1)N1CCN(c2ccccc2)CC1. The fraction of sp³-hybridized carbons (Fsp3) is 0.190. The minimum atomic E-state index is -0.961. The Kier molecular flexibility index (Phi) is 5.33. The highest BCUT2D eigenvalue weighted by atomic mass is 19.2. The number of hydrogen-bond acceptors (Lipinski definition) is 5. The maximum atomic E-state index is 13.4. The molecule has 8 heteroatoms. The standard InChI is InChI=1S/C21H19F2N5O/c22-17-7-6-15(12-18(17)23)26-20-13-19(24-14-25-20)21(29)28-10-8-27(9-11-28)16-4-2-1-3-5-16/h1-7,12-14H,8-11H2,(H,24,25,26). The highest BCUT2D eigenvalue weighted by Crippen LogP contribution is 2.19. The van der Waals surface area contributed by atoms with E-state index in [-0.39, 0.29) is 11.6 Å². The lowest BCUT2D eigenvalue weighted by Gasteiger charge is -2.36. The Hall–Kier alpha value is -3.55. The molecular formula is C21H19F2N5O. The number of aromatic nitrogens is 2. The van der Waals surface area contributed by atoms with E-state index < -0.39 is 11.6 Å². The van der Waals surface area contributed by atoms with Crippen LogP contribution in [0.25, 0.3) is 0 Å². The molecule has 3 aromatic rings. The van der Waals surface area contributed by atoms with Crippen molar-refractivity contribution in [2.45, 2.75) is 0 Å². The molecule has 148 valence electrons. The van der Waals surface area contributed by atoms with Gasteiger partial charge in [0.15, 0.2) is 11.6 Å². The first kappa shape index (κ1) is 18.8. The summed E-state index contributed by atoms with van der Waals surface area (Å²) in [6.45, 7) is 2.65. The molecule has 4 rings (SSSR count). The third kappa shape index (κ3) is 4.31. The van der Waals surface area contributed by atoms with Crippen LogP contribution in [0.4, 0.5) is 26.0 Å². The van der Waals surface area contributed by atoms with Gasteiger partial charge in [-0.15, -0.1) is 0 Å². The largest absolute Gasteiger partial charge is 0.368 e. The Balaban J connectivity index is 1.41.